The van der Waals surface area contributed by atoms with E-state index in [1.807, 2.05) is 0 Å². The standard InChI is InChI=1S/C21H39NO5/c1-8-16-10-18(11-17(9-14(2)23)25-15(3)24)27-21(26-16)12-19(4,5)22-20(6,7)13-21/h14,16-18,22-23H,8-13H2,1-7H3. The second-order valence-corrected chi connectivity index (χ2v) is 9.83. The highest BCUT2D eigenvalue weighted by atomic mass is 16.7. The van der Waals surface area contributed by atoms with Crippen molar-refractivity contribution in [2.24, 2.45) is 0 Å². The van der Waals surface area contributed by atoms with E-state index < -0.39 is 11.9 Å². The Bertz CT molecular complexity index is 501. The van der Waals surface area contributed by atoms with Gasteiger partial charge in [-0.2, -0.15) is 0 Å². The van der Waals surface area contributed by atoms with Gasteiger partial charge in [-0.3, -0.25) is 4.79 Å². The summed E-state index contributed by atoms with van der Waals surface area (Å²) in [6.45, 7) is 14.0. The molecule has 2 rings (SSSR count). The number of aliphatic hydroxyl groups is 1. The van der Waals surface area contributed by atoms with Crippen molar-refractivity contribution in [3.63, 3.8) is 0 Å². The van der Waals surface area contributed by atoms with E-state index >= 15 is 0 Å². The maximum absolute atomic E-state index is 11.5. The van der Waals surface area contributed by atoms with Gasteiger partial charge >= 0.3 is 5.97 Å². The zero-order valence-corrected chi connectivity index (χ0v) is 18.1. The summed E-state index contributed by atoms with van der Waals surface area (Å²) < 4.78 is 18.5. The highest BCUT2D eigenvalue weighted by Gasteiger charge is 2.53. The summed E-state index contributed by atoms with van der Waals surface area (Å²) >= 11 is 0. The first-order chi connectivity index (χ1) is 12.3. The normalized spacial score (nSPS) is 31.3. The third kappa shape index (κ3) is 6.70. The first-order valence-corrected chi connectivity index (χ1v) is 10.3. The Morgan fingerprint density at radius 1 is 1.19 bits per heavy atom. The van der Waals surface area contributed by atoms with Gasteiger partial charge in [-0.15, -0.1) is 0 Å². The minimum atomic E-state index is -0.632. The minimum Gasteiger partial charge on any atom is -0.462 e. The molecule has 2 saturated heterocycles. The van der Waals surface area contributed by atoms with Gasteiger partial charge in [0.05, 0.1) is 18.3 Å². The summed E-state index contributed by atoms with van der Waals surface area (Å²) in [6.07, 6.45) is 3.44. The van der Waals surface area contributed by atoms with Crippen LogP contribution in [0.3, 0.4) is 0 Å². The van der Waals surface area contributed by atoms with E-state index in [0.29, 0.717) is 12.8 Å². The van der Waals surface area contributed by atoms with Gasteiger partial charge in [0.15, 0.2) is 5.79 Å². The molecular formula is C21H39NO5. The summed E-state index contributed by atoms with van der Waals surface area (Å²) in [7, 11) is 0. The lowest BCUT2D eigenvalue weighted by molar-refractivity contribution is -0.344. The zero-order valence-electron chi connectivity index (χ0n) is 18.1. The number of carbonyl (C=O) groups is 1. The topological polar surface area (TPSA) is 77.0 Å². The molecular weight excluding hydrogens is 346 g/mol. The molecule has 2 fully saturated rings. The maximum atomic E-state index is 11.5. The molecule has 2 N–H and O–H groups in total. The third-order valence-corrected chi connectivity index (χ3v) is 5.31. The molecule has 0 aromatic heterocycles. The smallest absolute Gasteiger partial charge is 0.302 e. The van der Waals surface area contributed by atoms with Gasteiger partial charge in [0.1, 0.15) is 6.10 Å². The summed E-state index contributed by atoms with van der Waals surface area (Å²) in [5.41, 5.74) is -0.201. The minimum absolute atomic E-state index is 0.0588. The molecule has 4 unspecified atom stereocenters. The second-order valence-electron chi connectivity index (χ2n) is 9.83. The van der Waals surface area contributed by atoms with E-state index in [1.165, 1.54) is 6.92 Å². The van der Waals surface area contributed by atoms with Gasteiger partial charge in [-0.1, -0.05) is 6.92 Å². The van der Waals surface area contributed by atoms with E-state index in [-0.39, 0.29) is 35.4 Å². The average molecular weight is 386 g/mol. The molecule has 1 spiro atoms. The van der Waals surface area contributed by atoms with Gasteiger partial charge in [0.25, 0.3) is 0 Å². The van der Waals surface area contributed by atoms with Crippen LogP contribution >= 0.6 is 0 Å². The molecule has 2 aliphatic rings. The lowest BCUT2D eigenvalue weighted by Crippen LogP contribution is -2.67. The van der Waals surface area contributed by atoms with Crippen LogP contribution in [0, 0.1) is 0 Å². The number of carbonyl (C=O) groups excluding carboxylic acids is 1. The van der Waals surface area contributed by atoms with E-state index in [4.69, 9.17) is 14.2 Å². The Morgan fingerprint density at radius 3 is 2.22 bits per heavy atom. The van der Waals surface area contributed by atoms with Gasteiger partial charge in [0, 0.05) is 50.1 Å². The number of piperidine rings is 1. The number of aliphatic hydroxyl groups excluding tert-OH is 1. The Balaban J connectivity index is 2.18. The molecule has 0 bridgehead atoms. The Morgan fingerprint density at radius 2 is 1.74 bits per heavy atom. The van der Waals surface area contributed by atoms with Crippen molar-refractivity contribution in [1.82, 2.24) is 5.32 Å². The van der Waals surface area contributed by atoms with Gasteiger partial charge < -0.3 is 24.6 Å². The van der Waals surface area contributed by atoms with Crippen molar-refractivity contribution in [3.8, 4) is 0 Å². The molecule has 6 nitrogen and oxygen atoms in total. The van der Waals surface area contributed by atoms with Gasteiger partial charge in [-0.25, -0.2) is 0 Å². The summed E-state index contributed by atoms with van der Waals surface area (Å²) in [6, 6.07) is 0. The van der Waals surface area contributed by atoms with Crippen LogP contribution in [0.5, 0.6) is 0 Å². The number of nitrogens with one attached hydrogen (secondary N) is 1. The van der Waals surface area contributed by atoms with Crippen molar-refractivity contribution in [1.29, 1.82) is 0 Å². The van der Waals surface area contributed by atoms with Crippen LogP contribution in [0.25, 0.3) is 0 Å². The number of hydrogen-bond donors (Lipinski definition) is 2. The third-order valence-electron chi connectivity index (χ3n) is 5.31. The molecule has 2 heterocycles. The Labute approximate surface area is 164 Å². The average Bonchev–Trinajstić information content (AvgIpc) is 2.40. The molecule has 0 aliphatic carbocycles. The highest BCUT2D eigenvalue weighted by Crippen LogP contribution is 2.44. The van der Waals surface area contributed by atoms with Crippen LogP contribution in [-0.2, 0) is 19.0 Å². The van der Waals surface area contributed by atoms with Crippen molar-refractivity contribution < 1.29 is 24.1 Å². The van der Waals surface area contributed by atoms with Gasteiger partial charge in [-0.05, 0) is 41.0 Å². The zero-order chi connectivity index (χ0) is 20.5. The van der Waals surface area contributed by atoms with Crippen LogP contribution in [0.1, 0.15) is 87.0 Å². The second kappa shape index (κ2) is 8.36. The van der Waals surface area contributed by atoms with Crippen LogP contribution in [0.4, 0.5) is 0 Å². The largest absolute Gasteiger partial charge is 0.462 e. The summed E-state index contributed by atoms with van der Waals surface area (Å²) in [5.74, 6) is -0.952. The van der Waals surface area contributed by atoms with Crippen LogP contribution < -0.4 is 5.32 Å². The van der Waals surface area contributed by atoms with Gasteiger partial charge in [0.2, 0.25) is 0 Å². The van der Waals surface area contributed by atoms with E-state index in [9.17, 15) is 9.90 Å². The molecule has 0 aromatic rings. The quantitative estimate of drug-likeness (QED) is 0.683. The SMILES string of the molecule is CCC1CC(CC(CC(C)O)OC(C)=O)OC2(CC(C)(C)NC(C)(C)C2)O1. The molecule has 158 valence electrons. The summed E-state index contributed by atoms with van der Waals surface area (Å²) in [5, 5.41) is 13.5. The molecule has 27 heavy (non-hydrogen) atoms. The number of hydrogen-bond acceptors (Lipinski definition) is 6. The first kappa shape index (κ1) is 22.6. The lowest BCUT2D eigenvalue weighted by Gasteiger charge is -2.56. The van der Waals surface area contributed by atoms with Crippen molar-refractivity contribution in [3.05, 3.63) is 0 Å². The fourth-order valence-corrected chi connectivity index (χ4v) is 5.10. The number of esters is 1. The number of rotatable bonds is 6. The predicted octanol–water partition coefficient (Wildman–Crippen LogP) is 3.30. The lowest BCUT2D eigenvalue weighted by atomic mass is 9.77. The van der Waals surface area contributed by atoms with Crippen LogP contribution in [0.15, 0.2) is 0 Å². The van der Waals surface area contributed by atoms with E-state index in [1.54, 1.807) is 6.92 Å². The molecule has 4 atom stereocenters. The fraction of sp³-hybridized carbons (Fsp3) is 0.952. The molecule has 0 saturated carbocycles. The summed E-state index contributed by atoms with van der Waals surface area (Å²) in [4.78, 5) is 11.5. The van der Waals surface area contributed by atoms with Crippen molar-refractivity contribution >= 4 is 5.97 Å². The Hall–Kier alpha value is -0.690. The number of ether oxygens (including phenoxy) is 3. The molecule has 2 aliphatic heterocycles. The molecule has 0 aromatic carbocycles. The fourth-order valence-electron chi connectivity index (χ4n) is 5.10. The monoisotopic (exact) mass is 385 g/mol. The first-order valence-electron chi connectivity index (χ1n) is 10.3. The predicted molar refractivity (Wildman–Crippen MR) is 104 cm³/mol. The van der Waals surface area contributed by atoms with Crippen LogP contribution in [0.2, 0.25) is 0 Å². The highest BCUT2D eigenvalue weighted by molar-refractivity contribution is 5.66. The van der Waals surface area contributed by atoms with Crippen LogP contribution in [-0.4, -0.2) is 52.4 Å². The maximum Gasteiger partial charge on any atom is 0.302 e. The van der Waals surface area contributed by atoms with Crippen molar-refractivity contribution in [2.75, 3.05) is 0 Å². The van der Waals surface area contributed by atoms with E-state index in [2.05, 4.69) is 39.9 Å². The molecule has 0 radical (unpaired) electrons. The van der Waals surface area contributed by atoms with E-state index in [0.717, 1.165) is 25.7 Å². The molecule has 0 amide bonds. The van der Waals surface area contributed by atoms with Crippen molar-refractivity contribution in [2.45, 2.75) is 128 Å². The Kier molecular flexibility index (Phi) is 6.99. The molecule has 6 heteroatoms.